The zero-order chi connectivity index (χ0) is 61.4. The Labute approximate surface area is 489 Å². The second-order valence-electron chi connectivity index (χ2n) is 23.5. The van der Waals surface area contributed by atoms with Crippen LogP contribution in [0.15, 0.2) is 68.7 Å². The summed E-state index contributed by atoms with van der Waals surface area (Å²) < 4.78 is 74.7. The van der Waals surface area contributed by atoms with Crippen molar-refractivity contribution in [3.8, 4) is 11.5 Å². The first-order valence-corrected chi connectivity index (χ1v) is 28.4. The number of aromatic nitrogens is 2. The summed E-state index contributed by atoms with van der Waals surface area (Å²) in [4.78, 5) is 123. The molecule has 25 heteroatoms. The molecule has 2 aromatic heterocycles. The number of amides is 4. The third kappa shape index (κ3) is 12.4. The van der Waals surface area contributed by atoms with E-state index in [1.165, 1.54) is 40.8 Å². The minimum Gasteiger partial charge on any atom is -0.482 e. The number of nitrogens with one attached hydrogen (secondary N) is 2. The summed E-state index contributed by atoms with van der Waals surface area (Å²) in [6, 6.07) is 4.26. The molecule has 10 rings (SSSR count). The molecule has 4 bridgehead atoms. The third-order valence-electron chi connectivity index (χ3n) is 16.6. The number of methoxy groups -OCH3 is 1. The van der Waals surface area contributed by atoms with Crippen LogP contribution in [0.3, 0.4) is 0 Å². The van der Waals surface area contributed by atoms with Gasteiger partial charge in [0.1, 0.15) is 34.4 Å². The number of esters is 2. The molecule has 4 aromatic rings. The number of hydrogen-bond acceptors (Lipinski definition) is 15. The van der Waals surface area contributed by atoms with Crippen LogP contribution in [0, 0.1) is 35.1 Å². The fourth-order valence-electron chi connectivity index (χ4n) is 11.7. The Balaban J connectivity index is 0.000000243. The number of benzene rings is 2. The van der Waals surface area contributed by atoms with Crippen LogP contribution < -0.4 is 31.0 Å². The lowest BCUT2D eigenvalue weighted by Gasteiger charge is -2.42. The molecule has 6 aliphatic heterocycles. The zero-order valence-corrected chi connectivity index (χ0v) is 48.5. The summed E-state index contributed by atoms with van der Waals surface area (Å²) in [7, 11) is 1.48. The summed E-state index contributed by atoms with van der Waals surface area (Å²) in [6.07, 6.45) is 6.51. The first-order valence-electron chi connectivity index (χ1n) is 28.4. The Kier molecular flexibility index (Phi) is 17.8. The molecule has 2 aromatic carbocycles. The van der Waals surface area contributed by atoms with Crippen LogP contribution >= 0.6 is 0 Å². The lowest BCUT2D eigenvalue weighted by molar-refractivity contribution is -0.135. The number of nitrogens with zero attached hydrogens (tertiary/aromatic N) is 6. The molecule has 0 saturated carbocycles. The summed E-state index contributed by atoms with van der Waals surface area (Å²) in [5.41, 5.74) is -4.03. The molecule has 21 nitrogen and oxygen atoms in total. The van der Waals surface area contributed by atoms with Gasteiger partial charge in [-0.2, -0.15) is 0 Å². The maximum Gasteiger partial charge on any atom is 0.311 e. The van der Waals surface area contributed by atoms with Gasteiger partial charge in [-0.1, -0.05) is 50.1 Å². The standard InChI is InChI=1S/C30H34F2N4O7.C30H34F2N4O6.2H2/c1-16(2)5-8-24(37)42-27-25-29(40)35-15-22(30(10-9-17(35)3)12-23(41-4)34-43-30)36(25)14-20(26(27)38)28(39)33-13-18-6-7-19(31)11-21(18)32;1-16(2)5-8-24(37)41-27-25-29(40)35-15-23(30(10-9-18(35)4)12-17(3)34-42-30)36(25)14-21(26(27)38)28(39)33-13-19-6-7-20(31)11-22(19)32;;/h6-7,11,14,16-17,22H,5,8-10,12-13,15H2,1-4H3,(H,33,39);6-7,11,14,16,18,23H,5,8-10,12-13,15H2,1-4H3,(H,33,39);2*1H/t17-,22+,30-;18-,23+,30-;;/m00../s1. The Morgan fingerprint density at radius 2 is 1.09 bits per heavy atom. The number of hydrogen-bond donors (Lipinski definition) is 2. The fourth-order valence-corrected chi connectivity index (χ4v) is 11.7. The Bertz CT molecular complexity index is 3560. The Morgan fingerprint density at radius 1 is 0.671 bits per heavy atom. The average molecular weight is 1190 g/mol. The van der Waals surface area contributed by atoms with Crippen LogP contribution in [0.1, 0.15) is 180 Å². The van der Waals surface area contributed by atoms with Crippen molar-refractivity contribution in [3.05, 3.63) is 126 Å². The molecule has 2 fully saturated rings. The molecular formula is C60H72F4N8O13. The van der Waals surface area contributed by atoms with Crippen molar-refractivity contribution >= 4 is 47.2 Å². The highest BCUT2D eigenvalue weighted by molar-refractivity contribution is 6.01. The molecule has 6 atom stereocenters. The largest absolute Gasteiger partial charge is 0.482 e. The quantitative estimate of drug-likeness (QED) is 0.0892. The average Bonchev–Trinajstić information content (AvgIpc) is 1.79. The molecule has 6 aliphatic rings. The molecule has 8 heterocycles. The van der Waals surface area contributed by atoms with Crippen molar-refractivity contribution in [2.45, 2.75) is 161 Å². The van der Waals surface area contributed by atoms with Crippen LogP contribution in [-0.2, 0) is 37.1 Å². The molecule has 0 radical (unpaired) electrons. The van der Waals surface area contributed by atoms with E-state index < -0.39 is 116 Å². The van der Waals surface area contributed by atoms with Crippen molar-refractivity contribution in [2.24, 2.45) is 22.1 Å². The topological polar surface area (TPSA) is 248 Å². The lowest BCUT2D eigenvalue weighted by atomic mass is 9.84. The van der Waals surface area contributed by atoms with E-state index in [4.69, 9.17) is 23.9 Å². The zero-order valence-electron chi connectivity index (χ0n) is 48.5. The summed E-state index contributed by atoms with van der Waals surface area (Å²) >= 11 is 0. The van der Waals surface area contributed by atoms with Gasteiger partial charge in [-0.3, -0.25) is 38.4 Å². The molecule has 0 unspecified atom stereocenters. The number of carbonyl (C=O) groups excluding carboxylic acids is 6. The molecule has 2 N–H and O–H groups in total. The van der Waals surface area contributed by atoms with Crippen molar-refractivity contribution in [1.82, 2.24) is 29.6 Å². The van der Waals surface area contributed by atoms with Gasteiger partial charge in [0.2, 0.25) is 28.3 Å². The van der Waals surface area contributed by atoms with E-state index in [0.717, 1.165) is 17.8 Å². The predicted octanol–water partition coefficient (Wildman–Crippen LogP) is 8.30. The van der Waals surface area contributed by atoms with Gasteiger partial charge in [-0.15, -0.1) is 0 Å². The number of halogens is 4. The van der Waals surface area contributed by atoms with Crippen LogP contribution in [-0.4, -0.2) is 110 Å². The van der Waals surface area contributed by atoms with E-state index in [1.54, 1.807) is 9.80 Å². The summed E-state index contributed by atoms with van der Waals surface area (Å²) in [5, 5.41) is 13.3. The van der Waals surface area contributed by atoms with Gasteiger partial charge in [0.15, 0.2) is 22.6 Å². The fraction of sp³-hybridized carbons (Fsp3) is 0.500. The minimum absolute atomic E-state index is 0. The molecule has 85 heavy (non-hydrogen) atoms. The lowest BCUT2D eigenvalue weighted by Crippen LogP contribution is -2.52. The Morgan fingerprint density at radius 3 is 1.47 bits per heavy atom. The highest BCUT2D eigenvalue weighted by Gasteiger charge is 2.56. The molecule has 2 saturated heterocycles. The smallest absolute Gasteiger partial charge is 0.311 e. The molecule has 0 aliphatic carbocycles. The highest BCUT2D eigenvalue weighted by Crippen LogP contribution is 2.48. The van der Waals surface area contributed by atoms with Crippen molar-refractivity contribution in [3.63, 3.8) is 0 Å². The first kappa shape index (κ1) is 61.2. The number of rotatable bonds is 14. The van der Waals surface area contributed by atoms with E-state index in [2.05, 4.69) is 20.9 Å². The minimum atomic E-state index is -0.969. The number of carbonyl (C=O) groups is 6. The number of ether oxygens (including phenoxy) is 3. The van der Waals surface area contributed by atoms with Crippen molar-refractivity contribution in [1.29, 1.82) is 0 Å². The second kappa shape index (κ2) is 24.7. The van der Waals surface area contributed by atoms with E-state index in [9.17, 15) is 55.9 Å². The molecule has 458 valence electrons. The van der Waals surface area contributed by atoms with Gasteiger partial charge < -0.3 is 53.5 Å². The monoisotopic (exact) mass is 1190 g/mol. The number of fused-ring (bicyclic) bond motifs is 10. The summed E-state index contributed by atoms with van der Waals surface area (Å²) in [5.74, 6) is -7.80. The van der Waals surface area contributed by atoms with Gasteiger partial charge >= 0.3 is 11.9 Å². The van der Waals surface area contributed by atoms with Gasteiger partial charge in [0.25, 0.3) is 23.6 Å². The first-order chi connectivity index (χ1) is 40.3. The highest BCUT2D eigenvalue weighted by atomic mass is 19.1. The van der Waals surface area contributed by atoms with Gasteiger partial charge in [-0.25, -0.2) is 17.6 Å². The second-order valence-corrected chi connectivity index (χ2v) is 23.5. The van der Waals surface area contributed by atoms with E-state index in [-0.39, 0.29) is 94.7 Å². The van der Waals surface area contributed by atoms with Crippen LogP contribution in [0.2, 0.25) is 0 Å². The van der Waals surface area contributed by atoms with Crippen LogP contribution in [0.25, 0.3) is 0 Å². The normalized spacial score (nSPS) is 22.7. The predicted molar refractivity (Wildman–Crippen MR) is 302 cm³/mol. The van der Waals surface area contributed by atoms with Crippen molar-refractivity contribution < 1.29 is 73.1 Å². The molecular weight excluding hydrogens is 1120 g/mol. The van der Waals surface area contributed by atoms with Crippen LogP contribution in [0.4, 0.5) is 17.6 Å². The van der Waals surface area contributed by atoms with E-state index >= 15 is 0 Å². The SMILES string of the molecule is CC1=NO[C@@]2(CC[C@H](C)N3C[C@H]2n2cc(C(=O)NCc4ccc(F)cc4F)c(=O)c(OC(=O)CCC(C)C)c2C3=O)C1.COC1=NO[C@@]2(CC[C@H](C)N3C[C@H]2n2cc(C(=O)NCc4ccc(F)cc4F)c(=O)c(OC(=O)CCC(C)C)c2C3=O)C1.[HH].[HH]. The maximum absolute atomic E-state index is 14.2. The van der Waals surface area contributed by atoms with Gasteiger partial charge in [0.05, 0.1) is 31.3 Å². The van der Waals surface area contributed by atoms with E-state index in [0.29, 0.717) is 63.0 Å². The molecule has 2 spiro atoms. The Hall–Kier alpha value is -8.38. The third-order valence-corrected chi connectivity index (χ3v) is 16.6. The van der Waals surface area contributed by atoms with Crippen molar-refractivity contribution in [2.75, 3.05) is 20.2 Å². The molecule has 4 amide bonds. The summed E-state index contributed by atoms with van der Waals surface area (Å²) in [6.45, 7) is 13.1. The van der Waals surface area contributed by atoms with Gasteiger partial charge in [-0.05, 0) is 83.3 Å². The number of pyridine rings is 2. The van der Waals surface area contributed by atoms with E-state index in [1.807, 2.05) is 48.5 Å². The maximum atomic E-state index is 14.2. The van der Waals surface area contributed by atoms with Crippen LogP contribution in [0.5, 0.6) is 11.5 Å². The number of oxime groups is 2. The van der Waals surface area contributed by atoms with Gasteiger partial charge in [0, 0.05) is 96.0 Å².